The standard InChI is InChI=1S/C13H21NO4S/c1-3-5-12(6-4-2)19-14(7-8-15)13(9-16,10-17)11-18/h1,4-6,15-18H,7-11H2,2H3. The van der Waals surface area contributed by atoms with Crippen LogP contribution in [-0.2, 0) is 0 Å². The largest absolute Gasteiger partial charge is 0.395 e. The first-order valence-corrected chi connectivity index (χ1v) is 6.59. The fraction of sp³-hybridized carbons (Fsp3) is 0.538. The zero-order valence-corrected chi connectivity index (χ0v) is 11.8. The van der Waals surface area contributed by atoms with Gasteiger partial charge < -0.3 is 20.4 Å². The topological polar surface area (TPSA) is 84.2 Å². The first-order chi connectivity index (χ1) is 9.13. The Morgan fingerprint density at radius 1 is 1.26 bits per heavy atom. The maximum Gasteiger partial charge on any atom is 0.101 e. The minimum atomic E-state index is -1.22. The number of hydrogen-bond acceptors (Lipinski definition) is 6. The molecule has 0 spiro atoms. The van der Waals surface area contributed by atoms with E-state index >= 15 is 0 Å². The van der Waals surface area contributed by atoms with Crippen molar-refractivity contribution in [2.24, 2.45) is 0 Å². The third kappa shape index (κ3) is 5.37. The third-order valence-corrected chi connectivity index (χ3v) is 3.74. The number of hydrogen-bond donors (Lipinski definition) is 4. The van der Waals surface area contributed by atoms with Crippen molar-refractivity contribution >= 4 is 11.9 Å². The first kappa shape index (κ1) is 18.2. The Balaban J connectivity index is 5.20. The van der Waals surface area contributed by atoms with Crippen LogP contribution in [0.25, 0.3) is 0 Å². The van der Waals surface area contributed by atoms with E-state index in [2.05, 4.69) is 5.92 Å². The maximum absolute atomic E-state index is 9.41. The van der Waals surface area contributed by atoms with Crippen LogP contribution >= 0.6 is 11.9 Å². The lowest BCUT2D eigenvalue weighted by Gasteiger charge is -2.38. The number of allylic oxidation sites excluding steroid dienone is 3. The van der Waals surface area contributed by atoms with Gasteiger partial charge >= 0.3 is 0 Å². The van der Waals surface area contributed by atoms with E-state index in [0.717, 1.165) is 0 Å². The SMILES string of the molecule is C#CC=C(C=CC)SN(CCO)C(CO)(CO)CO. The molecule has 0 amide bonds. The summed E-state index contributed by atoms with van der Waals surface area (Å²) in [6, 6.07) is 0. The van der Waals surface area contributed by atoms with Crippen LogP contribution in [0.1, 0.15) is 6.92 Å². The molecule has 0 aromatic carbocycles. The summed E-state index contributed by atoms with van der Waals surface area (Å²) in [5, 5.41) is 37.3. The normalized spacial score (nSPS) is 13.2. The molecule has 0 heterocycles. The lowest BCUT2D eigenvalue weighted by Crippen LogP contribution is -2.55. The van der Waals surface area contributed by atoms with Crippen LogP contribution < -0.4 is 0 Å². The second-order valence-electron chi connectivity index (χ2n) is 3.83. The van der Waals surface area contributed by atoms with Gasteiger partial charge in [0.1, 0.15) is 5.54 Å². The highest BCUT2D eigenvalue weighted by atomic mass is 32.2. The molecule has 0 saturated heterocycles. The van der Waals surface area contributed by atoms with E-state index in [9.17, 15) is 15.3 Å². The van der Waals surface area contributed by atoms with Gasteiger partial charge in [-0.25, -0.2) is 4.31 Å². The van der Waals surface area contributed by atoms with Gasteiger partial charge in [0, 0.05) is 17.5 Å². The molecule has 0 saturated carbocycles. The molecule has 0 aromatic rings. The smallest absolute Gasteiger partial charge is 0.101 e. The number of nitrogens with zero attached hydrogens (tertiary/aromatic N) is 1. The molecule has 0 aliphatic carbocycles. The molecular formula is C13H21NO4S. The highest BCUT2D eigenvalue weighted by Crippen LogP contribution is 2.29. The molecule has 6 heteroatoms. The summed E-state index contributed by atoms with van der Waals surface area (Å²) in [6.45, 7) is 0.517. The first-order valence-electron chi connectivity index (χ1n) is 5.82. The number of aliphatic hydroxyl groups is 4. The van der Waals surface area contributed by atoms with Gasteiger partial charge in [0.2, 0.25) is 0 Å². The molecule has 19 heavy (non-hydrogen) atoms. The van der Waals surface area contributed by atoms with Crippen molar-refractivity contribution in [3.05, 3.63) is 23.1 Å². The highest BCUT2D eigenvalue weighted by Gasteiger charge is 2.36. The number of rotatable bonds is 9. The lowest BCUT2D eigenvalue weighted by molar-refractivity contribution is -0.00554. The average Bonchev–Trinajstić information content (AvgIpc) is 2.42. The molecule has 0 fully saturated rings. The molecule has 5 nitrogen and oxygen atoms in total. The second-order valence-corrected chi connectivity index (χ2v) is 4.92. The van der Waals surface area contributed by atoms with Gasteiger partial charge in [-0.3, -0.25) is 0 Å². The molecule has 108 valence electrons. The Kier molecular flexibility index (Phi) is 9.61. The lowest BCUT2D eigenvalue weighted by atomic mass is 10.0. The summed E-state index contributed by atoms with van der Waals surface area (Å²) < 4.78 is 1.54. The van der Waals surface area contributed by atoms with E-state index in [1.165, 1.54) is 22.3 Å². The Morgan fingerprint density at radius 3 is 2.21 bits per heavy atom. The van der Waals surface area contributed by atoms with Gasteiger partial charge in [0.05, 0.1) is 26.4 Å². The van der Waals surface area contributed by atoms with Crippen molar-refractivity contribution in [2.45, 2.75) is 12.5 Å². The van der Waals surface area contributed by atoms with Crippen LogP contribution in [0.4, 0.5) is 0 Å². The summed E-state index contributed by atoms with van der Waals surface area (Å²) in [6.07, 6.45) is 10.3. The van der Waals surface area contributed by atoms with Gasteiger partial charge in [-0.1, -0.05) is 18.1 Å². The quantitative estimate of drug-likeness (QED) is 0.266. The van der Waals surface area contributed by atoms with E-state index in [0.29, 0.717) is 4.91 Å². The van der Waals surface area contributed by atoms with E-state index in [-0.39, 0.29) is 13.2 Å². The Bertz CT molecular complexity index is 337. The number of β-amino-alcohol motifs (C(OH)–C–C–N with tert-alkyl or cyclic N) is 1. The van der Waals surface area contributed by atoms with Crippen LogP contribution in [0, 0.1) is 12.3 Å². The minimum Gasteiger partial charge on any atom is -0.395 e. The minimum absolute atomic E-state index is 0.172. The maximum atomic E-state index is 9.41. The van der Waals surface area contributed by atoms with Gasteiger partial charge in [0.25, 0.3) is 0 Å². The molecular weight excluding hydrogens is 266 g/mol. The molecule has 0 radical (unpaired) electrons. The second kappa shape index (κ2) is 10.0. The molecule has 0 unspecified atom stereocenters. The predicted octanol–water partition coefficient (Wildman–Crippen LogP) is -0.262. The molecule has 0 atom stereocenters. The molecule has 0 aliphatic heterocycles. The monoisotopic (exact) mass is 287 g/mol. The van der Waals surface area contributed by atoms with Crippen molar-refractivity contribution in [2.75, 3.05) is 33.0 Å². The zero-order chi connectivity index (χ0) is 14.7. The highest BCUT2D eigenvalue weighted by molar-refractivity contribution is 8.01. The molecule has 4 N–H and O–H groups in total. The third-order valence-electron chi connectivity index (χ3n) is 2.49. The van der Waals surface area contributed by atoms with E-state index < -0.39 is 25.4 Å². The van der Waals surface area contributed by atoms with Crippen LogP contribution in [0.2, 0.25) is 0 Å². The van der Waals surface area contributed by atoms with Crippen LogP contribution in [0.15, 0.2) is 23.1 Å². The predicted molar refractivity (Wildman–Crippen MR) is 77.1 cm³/mol. The van der Waals surface area contributed by atoms with Crippen molar-refractivity contribution in [3.8, 4) is 12.3 Å². The summed E-state index contributed by atoms with van der Waals surface area (Å²) in [5.74, 6) is 2.39. The summed E-state index contributed by atoms with van der Waals surface area (Å²) in [7, 11) is 0. The van der Waals surface area contributed by atoms with Crippen LogP contribution in [-0.4, -0.2) is 63.2 Å². The fourth-order valence-electron chi connectivity index (χ4n) is 1.34. The zero-order valence-electron chi connectivity index (χ0n) is 11.0. The molecule has 0 aromatic heterocycles. The van der Waals surface area contributed by atoms with Crippen LogP contribution in [0.3, 0.4) is 0 Å². The molecule has 0 bridgehead atoms. The Morgan fingerprint density at radius 2 is 1.84 bits per heavy atom. The summed E-state index contributed by atoms with van der Waals surface area (Å²) in [4.78, 5) is 0.707. The summed E-state index contributed by atoms with van der Waals surface area (Å²) >= 11 is 1.17. The van der Waals surface area contributed by atoms with Crippen molar-refractivity contribution < 1.29 is 20.4 Å². The van der Waals surface area contributed by atoms with E-state index in [4.69, 9.17) is 11.5 Å². The summed E-state index contributed by atoms with van der Waals surface area (Å²) in [5.41, 5.74) is -1.22. The van der Waals surface area contributed by atoms with E-state index in [1.807, 2.05) is 6.92 Å². The van der Waals surface area contributed by atoms with Gasteiger partial charge in [0.15, 0.2) is 0 Å². The van der Waals surface area contributed by atoms with Crippen molar-refractivity contribution in [1.82, 2.24) is 4.31 Å². The fourth-order valence-corrected chi connectivity index (χ4v) is 2.45. The number of aliphatic hydroxyl groups excluding tert-OH is 4. The van der Waals surface area contributed by atoms with E-state index in [1.54, 1.807) is 12.2 Å². The number of terminal acetylenes is 1. The van der Waals surface area contributed by atoms with Crippen molar-refractivity contribution in [3.63, 3.8) is 0 Å². The van der Waals surface area contributed by atoms with Gasteiger partial charge in [-0.2, -0.15) is 0 Å². The molecule has 0 aliphatic rings. The van der Waals surface area contributed by atoms with Crippen molar-refractivity contribution in [1.29, 1.82) is 0 Å². The Hall–Kier alpha value is -0.810. The van der Waals surface area contributed by atoms with Gasteiger partial charge in [-0.15, -0.1) is 6.42 Å². The Labute approximate surface area is 118 Å². The molecule has 0 rings (SSSR count). The average molecular weight is 287 g/mol. The van der Waals surface area contributed by atoms with Crippen LogP contribution in [0.5, 0.6) is 0 Å². The van der Waals surface area contributed by atoms with Gasteiger partial charge in [-0.05, 0) is 18.9 Å².